The molecule has 0 saturated carbocycles. The maximum Gasteiger partial charge on any atom is 0.326 e. The van der Waals surface area contributed by atoms with Crippen LogP contribution in [-0.2, 0) is 24.0 Å². The fourth-order valence-electron chi connectivity index (χ4n) is 2.44. The number of primary amides is 1. The third kappa shape index (κ3) is 9.98. The normalized spacial score (nSPS) is 16.7. The predicted octanol–water partition coefficient (Wildman–Crippen LogP) is -2.53. The minimum absolute atomic E-state index is 0.159. The third-order valence-electron chi connectivity index (χ3n) is 4.73. The lowest BCUT2D eigenvalue weighted by Crippen LogP contribution is -2.60. The van der Waals surface area contributed by atoms with E-state index < -0.39 is 59.9 Å². The van der Waals surface area contributed by atoms with E-state index >= 15 is 0 Å². The summed E-state index contributed by atoms with van der Waals surface area (Å²) >= 11 is 4.02. The van der Waals surface area contributed by atoms with E-state index in [2.05, 4.69) is 28.6 Å². The van der Waals surface area contributed by atoms with Crippen molar-refractivity contribution >= 4 is 42.2 Å². The molecule has 31 heavy (non-hydrogen) atoms. The first-order chi connectivity index (χ1) is 14.3. The summed E-state index contributed by atoms with van der Waals surface area (Å²) in [7, 11) is 0. The molecule has 0 aromatic rings. The maximum atomic E-state index is 12.8. The van der Waals surface area contributed by atoms with Gasteiger partial charge < -0.3 is 37.6 Å². The van der Waals surface area contributed by atoms with Gasteiger partial charge in [-0.15, -0.1) is 0 Å². The summed E-state index contributed by atoms with van der Waals surface area (Å²) in [4.78, 5) is 59.6. The highest BCUT2D eigenvalue weighted by molar-refractivity contribution is 7.80. The van der Waals surface area contributed by atoms with Gasteiger partial charge >= 0.3 is 5.97 Å². The van der Waals surface area contributed by atoms with E-state index in [4.69, 9.17) is 11.5 Å². The second kappa shape index (κ2) is 13.8. The first-order valence-electron chi connectivity index (χ1n) is 9.82. The fourth-order valence-corrected chi connectivity index (χ4v) is 2.70. The van der Waals surface area contributed by atoms with Crippen molar-refractivity contribution < 1.29 is 34.2 Å². The van der Waals surface area contributed by atoms with Crippen LogP contribution in [0.4, 0.5) is 0 Å². The van der Waals surface area contributed by atoms with Gasteiger partial charge in [0.2, 0.25) is 23.6 Å². The van der Waals surface area contributed by atoms with E-state index in [1.807, 2.05) is 0 Å². The molecule has 4 amide bonds. The summed E-state index contributed by atoms with van der Waals surface area (Å²) in [6, 6.07) is -4.89. The number of aliphatic hydroxyl groups is 1. The van der Waals surface area contributed by atoms with Crippen molar-refractivity contribution in [3.05, 3.63) is 0 Å². The number of aliphatic carboxylic acids is 1. The molecule has 13 heteroatoms. The van der Waals surface area contributed by atoms with Crippen molar-refractivity contribution in [1.82, 2.24) is 16.0 Å². The predicted molar refractivity (Wildman–Crippen MR) is 115 cm³/mol. The monoisotopic (exact) mass is 463 g/mol. The van der Waals surface area contributed by atoms with Gasteiger partial charge in [-0.25, -0.2) is 4.79 Å². The number of amides is 4. The molecule has 0 rings (SSSR count). The Morgan fingerprint density at radius 3 is 1.94 bits per heavy atom. The smallest absolute Gasteiger partial charge is 0.326 e. The molecule has 0 heterocycles. The molecular formula is C18H33N5O7S. The summed E-state index contributed by atoms with van der Waals surface area (Å²) < 4.78 is 0. The minimum Gasteiger partial charge on any atom is -0.480 e. The van der Waals surface area contributed by atoms with Crippen LogP contribution < -0.4 is 27.4 Å². The number of nitrogens with one attached hydrogen (secondary N) is 3. The SMILES string of the molecule is CCC(C)C(NC(=O)C(N)C(C)O)C(=O)NC(CS)C(=O)NC(CCC(N)=O)C(=O)O. The molecular weight excluding hydrogens is 430 g/mol. The zero-order valence-electron chi connectivity index (χ0n) is 17.8. The van der Waals surface area contributed by atoms with Crippen LogP contribution in [0.5, 0.6) is 0 Å². The zero-order chi connectivity index (χ0) is 24.3. The van der Waals surface area contributed by atoms with Crippen molar-refractivity contribution in [3.63, 3.8) is 0 Å². The van der Waals surface area contributed by atoms with Gasteiger partial charge in [-0.3, -0.25) is 19.2 Å². The van der Waals surface area contributed by atoms with Gasteiger partial charge in [-0.05, 0) is 19.3 Å². The molecule has 9 N–H and O–H groups in total. The van der Waals surface area contributed by atoms with Crippen LogP contribution in [-0.4, -0.2) is 75.8 Å². The number of carbonyl (C=O) groups excluding carboxylic acids is 4. The molecule has 0 spiro atoms. The van der Waals surface area contributed by atoms with Crippen LogP contribution in [0.1, 0.15) is 40.0 Å². The van der Waals surface area contributed by atoms with Crippen LogP contribution in [0.15, 0.2) is 0 Å². The highest BCUT2D eigenvalue weighted by atomic mass is 32.1. The zero-order valence-corrected chi connectivity index (χ0v) is 18.7. The van der Waals surface area contributed by atoms with Crippen LogP contribution in [0.2, 0.25) is 0 Å². The van der Waals surface area contributed by atoms with Gasteiger partial charge in [0.1, 0.15) is 24.2 Å². The number of carboxylic acids is 1. The molecule has 0 saturated heterocycles. The van der Waals surface area contributed by atoms with Gasteiger partial charge in [0, 0.05) is 12.2 Å². The second-order valence-corrected chi connectivity index (χ2v) is 7.65. The maximum absolute atomic E-state index is 12.8. The largest absolute Gasteiger partial charge is 0.480 e. The quantitative estimate of drug-likeness (QED) is 0.128. The molecule has 0 bridgehead atoms. The lowest BCUT2D eigenvalue weighted by Gasteiger charge is -2.27. The number of hydrogen-bond acceptors (Lipinski definition) is 8. The summed E-state index contributed by atoms with van der Waals surface area (Å²) in [6.45, 7) is 4.84. The number of nitrogens with two attached hydrogens (primary N) is 2. The Morgan fingerprint density at radius 1 is 0.968 bits per heavy atom. The van der Waals surface area contributed by atoms with E-state index in [0.717, 1.165) is 0 Å². The Morgan fingerprint density at radius 2 is 1.52 bits per heavy atom. The van der Waals surface area contributed by atoms with Crippen molar-refractivity contribution in [3.8, 4) is 0 Å². The minimum atomic E-state index is -1.38. The Kier molecular flexibility index (Phi) is 12.8. The third-order valence-corrected chi connectivity index (χ3v) is 5.09. The van der Waals surface area contributed by atoms with E-state index in [1.54, 1.807) is 13.8 Å². The van der Waals surface area contributed by atoms with Crippen molar-refractivity contribution in [2.45, 2.75) is 70.3 Å². The molecule has 0 radical (unpaired) electrons. The standard InChI is InChI=1S/C18H33N5O7S/c1-4-8(2)14(23-16(27)13(20)9(3)24)17(28)22-11(7-31)15(26)21-10(18(29)30)5-6-12(19)25/h8-11,13-14,24,31H,4-7,20H2,1-3H3,(H2,19,25)(H,21,26)(H,22,28)(H,23,27)(H,29,30). The molecule has 0 aliphatic rings. The fraction of sp³-hybridized carbons (Fsp3) is 0.722. The summed E-state index contributed by atoms with van der Waals surface area (Å²) in [5, 5.41) is 25.8. The molecule has 12 nitrogen and oxygen atoms in total. The van der Waals surface area contributed by atoms with Crippen molar-refractivity contribution in [1.29, 1.82) is 0 Å². The van der Waals surface area contributed by atoms with Crippen LogP contribution in [0.3, 0.4) is 0 Å². The van der Waals surface area contributed by atoms with E-state index in [-0.39, 0.29) is 24.5 Å². The molecule has 178 valence electrons. The summed E-state index contributed by atoms with van der Waals surface area (Å²) in [6.07, 6.45) is -1.09. The van der Waals surface area contributed by atoms with Crippen LogP contribution in [0, 0.1) is 5.92 Å². The molecule has 0 aromatic carbocycles. The topological polar surface area (TPSA) is 214 Å². The van der Waals surface area contributed by atoms with Crippen molar-refractivity contribution in [2.24, 2.45) is 17.4 Å². The average Bonchev–Trinajstić information content (AvgIpc) is 2.70. The van der Waals surface area contributed by atoms with E-state index in [1.165, 1.54) is 6.92 Å². The van der Waals surface area contributed by atoms with Crippen molar-refractivity contribution in [2.75, 3.05) is 5.75 Å². The summed E-state index contributed by atoms with van der Waals surface area (Å²) in [5.41, 5.74) is 10.6. The molecule has 0 aromatic heterocycles. The number of aliphatic hydroxyl groups excluding tert-OH is 1. The van der Waals surface area contributed by atoms with Gasteiger partial charge in [0.05, 0.1) is 6.10 Å². The van der Waals surface area contributed by atoms with E-state index in [9.17, 15) is 34.2 Å². The Hall–Kier alpha value is -2.38. The molecule has 6 unspecified atom stereocenters. The molecule has 0 aliphatic heterocycles. The molecule has 6 atom stereocenters. The number of thiol groups is 1. The van der Waals surface area contributed by atoms with Crippen LogP contribution >= 0.6 is 12.6 Å². The highest BCUT2D eigenvalue weighted by Crippen LogP contribution is 2.09. The van der Waals surface area contributed by atoms with Crippen LogP contribution in [0.25, 0.3) is 0 Å². The lowest BCUT2D eigenvalue weighted by atomic mass is 9.97. The summed E-state index contributed by atoms with van der Waals surface area (Å²) in [5.74, 6) is -4.84. The van der Waals surface area contributed by atoms with Gasteiger partial charge in [0.25, 0.3) is 0 Å². The average molecular weight is 464 g/mol. The molecule has 0 aliphatic carbocycles. The Bertz CT molecular complexity index is 661. The van der Waals surface area contributed by atoms with E-state index in [0.29, 0.717) is 6.42 Å². The van der Waals surface area contributed by atoms with Gasteiger partial charge in [0.15, 0.2) is 0 Å². The molecule has 0 fully saturated rings. The second-order valence-electron chi connectivity index (χ2n) is 7.29. The van der Waals surface area contributed by atoms with Gasteiger partial charge in [-0.2, -0.15) is 12.6 Å². The lowest BCUT2D eigenvalue weighted by molar-refractivity contribution is -0.142. The first kappa shape index (κ1) is 28.6. The number of rotatable bonds is 14. The Balaban J connectivity index is 5.29. The highest BCUT2D eigenvalue weighted by Gasteiger charge is 2.32. The van der Waals surface area contributed by atoms with Gasteiger partial charge in [-0.1, -0.05) is 20.3 Å². The Labute approximate surface area is 186 Å². The first-order valence-corrected chi connectivity index (χ1v) is 10.5. The number of hydrogen-bond donors (Lipinski definition) is 8. The number of carboxylic acid groups (broad SMARTS) is 1. The number of carbonyl (C=O) groups is 5.